The van der Waals surface area contributed by atoms with Crippen LogP contribution in [0.2, 0.25) is 0 Å². The van der Waals surface area contributed by atoms with Crippen molar-refractivity contribution in [2.45, 2.75) is 32.4 Å². The summed E-state index contributed by atoms with van der Waals surface area (Å²) in [6.45, 7) is 5.25. The Morgan fingerprint density at radius 1 is 1.24 bits per heavy atom. The highest BCUT2D eigenvalue weighted by atomic mass is 16.5. The lowest BCUT2D eigenvalue weighted by Crippen LogP contribution is -2.63. The van der Waals surface area contributed by atoms with Crippen LogP contribution in [-0.2, 0) is 4.74 Å². The molecule has 1 saturated heterocycles. The summed E-state index contributed by atoms with van der Waals surface area (Å²) in [4.78, 5) is 23.3. The van der Waals surface area contributed by atoms with E-state index < -0.39 is 0 Å². The smallest absolute Gasteiger partial charge is 0.259 e. The number of ether oxygens (including phenoxy) is 1. The van der Waals surface area contributed by atoms with Crippen LogP contribution < -0.4 is 10.6 Å². The molecule has 4 rings (SSSR count). The first kappa shape index (κ1) is 12.8. The minimum Gasteiger partial charge on any atom is -0.381 e. The number of imide groups is 1. The summed E-state index contributed by atoms with van der Waals surface area (Å²) in [5.74, 6) is -0.0907. The Bertz CT molecular complexity index is 653. The molecule has 2 N–H and O–H groups in total. The highest BCUT2D eigenvalue weighted by molar-refractivity contribution is 6.21. The standard InChI is InChI=1S/C16H18N2O3/c1-16(2)12(10-5-6-21-13(10)16)17-8-3-4-9-11(7-8)15(20)18-14(9)19/h3-4,7,10,12-13,17H,5-6H2,1-2H3,(H,18,19,20). The monoisotopic (exact) mass is 286 g/mol. The van der Waals surface area contributed by atoms with Crippen LogP contribution in [0.3, 0.4) is 0 Å². The molecule has 0 bridgehead atoms. The van der Waals surface area contributed by atoms with Crippen LogP contribution in [0.15, 0.2) is 18.2 Å². The Morgan fingerprint density at radius 3 is 2.81 bits per heavy atom. The van der Waals surface area contributed by atoms with Gasteiger partial charge >= 0.3 is 0 Å². The predicted molar refractivity (Wildman–Crippen MR) is 77.3 cm³/mol. The van der Waals surface area contributed by atoms with Crippen molar-refractivity contribution >= 4 is 17.5 Å². The number of hydrogen-bond donors (Lipinski definition) is 2. The Labute approximate surface area is 123 Å². The second-order valence-corrected chi connectivity index (χ2v) is 6.73. The Hall–Kier alpha value is -1.88. The van der Waals surface area contributed by atoms with Crippen molar-refractivity contribution in [3.05, 3.63) is 29.3 Å². The van der Waals surface area contributed by atoms with Crippen molar-refractivity contribution in [3.8, 4) is 0 Å². The Balaban J connectivity index is 1.60. The zero-order valence-corrected chi connectivity index (χ0v) is 12.1. The van der Waals surface area contributed by atoms with Gasteiger partial charge in [0.2, 0.25) is 0 Å². The SMILES string of the molecule is CC1(C)C(Nc2ccc3c(c2)C(=O)NC3=O)C2CCOC21. The van der Waals surface area contributed by atoms with Gasteiger partial charge in [-0.1, -0.05) is 13.8 Å². The summed E-state index contributed by atoms with van der Waals surface area (Å²) in [5.41, 5.74) is 1.89. The molecule has 110 valence electrons. The van der Waals surface area contributed by atoms with E-state index in [9.17, 15) is 9.59 Å². The lowest BCUT2D eigenvalue weighted by molar-refractivity contribution is -0.0923. The number of benzene rings is 1. The molecule has 5 heteroatoms. The molecule has 21 heavy (non-hydrogen) atoms. The maximum atomic E-state index is 11.7. The topological polar surface area (TPSA) is 67.4 Å². The van der Waals surface area contributed by atoms with Gasteiger partial charge in [0.1, 0.15) is 0 Å². The summed E-state index contributed by atoms with van der Waals surface area (Å²) < 4.78 is 5.79. The molecule has 3 unspecified atom stereocenters. The first-order valence-electron chi connectivity index (χ1n) is 7.36. The highest BCUT2D eigenvalue weighted by Crippen LogP contribution is 2.53. The van der Waals surface area contributed by atoms with Crippen LogP contribution in [0.1, 0.15) is 41.0 Å². The number of carbonyl (C=O) groups excluding carboxylic acids is 2. The number of anilines is 1. The molecule has 0 spiro atoms. The number of nitrogens with one attached hydrogen (secondary N) is 2. The quantitative estimate of drug-likeness (QED) is 0.813. The molecule has 5 nitrogen and oxygen atoms in total. The predicted octanol–water partition coefficient (Wildman–Crippen LogP) is 1.80. The molecule has 2 aliphatic heterocycles. The van der Waals surface area contributed by atoms with E-state index in [1.54, 1.807) is 12.1 Å². The highest BCUT2D eigenvalue weighted by Gasteiger charge is 2.59. The maximum Gasteiger partial charge on any atom is 0.259 e. The maximum absolute atomic E-state index is 11.7. The lowest BCUT2D eigenvalue weighted by Gasteiger charge is -2.55. The largest absolute Gasteiger partial charge is 0.381 e. The third kappa shape index (κ3) is 1.67. The van der Waals surface area contributed by atoms with Gasteiger partial charge in [-0.05, 0) is 24.6 Å². The molecule has 2 heterocycles. The summed E-state index contributed by atoms with van der Waals surface area (Å²) >= 11 is 0. The average molecular weight is 286 g/mol. The molecule has 3 aliphatic rings. The summed E-state index contributed by atoms with van der Waals surface area (Å²) in [6, 6.07) is 5.69. The molecule has 3 atom stereocenters. The molecular weight excluding hydrogens is 268 g/mol. The van der Waals surface area contributed by atoms with E-state index >= 15 is 0 Å². The number of hydrogen-bond acceptors (Lipinski definition) is 4. The van der Waals surface area contributed by atoms with E-state index in [4.69, 9.17) is 4.74 Å². The van der Waals surface area contributed by atoms with Crippen molar-refractivity contribution in [1.29, 1.82) is 0 Å². The van der Waals surface area contributed by atoms with Gasteiger partial charge in [0.05, 0.1) is 17.2 Å². The summed E-state index contributed by atoms with van der Waals surface area (Å²) in [7, 11) is 0. The van der Waals surface area contributed by atoms with Crippen LogP contribution >= 0.6 is 0 Å². The summed E-state index contributed by atoms with van der Waals surface area (Å²) in [6.07, 6.45) is 1.41. The minimum absolute atomic E-state index is 0.0816. The van der Waals surface area contributed by atoms with Gasteiger partial charge in [-0.25, -0.2) is 0 Å². The molecule has 1 aliphatic carbocycles. The van der Waals surface area contributed by atoms with Crippen molar-refractivity contribution in [2.24, 2.45) is 11.3 Å². The van der Waals surface area contributed by atoms with Gasteiger partial charge < -0.3 is 10.1 Å². The Kier molecular flexibility index (Phi) is 2.49. The molecule has 2 fully saturated rings. The van der Waals surface area contributed by atoms with Crippen LogP contribution in [0, 0.1) is 11.3 Å². The van der Waals surface area contributed by atoms with Gasteiger partial charge in [-0.3, -0.25) is 14.9 Å². The first-order chi connectivity index (χ1) is 9.98. The van der Waals surface area contributed by atoms with Crippen molar-refractivity contribution in [3.63, 3.8) is 0 Å². The van der Waals surface area contributed by atoms with E-state index in [2.05, 4.69) is 24.5 Å². The molecule has 1 saturated carbocycles. The molecule has 0 aromatic heterocycles. The number of amides is 2. The zero-order valence-electron chi connectivity index (χ0n) is 12.1. The molecular formula is C16H18N2O3. The van der Waals surface area contributed by atoms with Crippen LogP contribution in [0.25, 0.3) is 0 Å². The summed E-state index contributed by atoms with van der Waals surface area (Å²) in [5, 5.41) is 5.85. The van der Waals surface area contributed by atoms with Crippen molar-refractivity contribution in [1.82, 2.24) is 5.32 Å². The van der Waals surface area contributed by atoms with Gasteiger partial charge in [0, 0.05) is 29.7 Å². The van der Waals surface area contributed by atoms with E-state index in [0.29, 0.717) is 29.2 Å². The zero-order chi connectivity index (χ0) is 14.8. The third-order valence-corrected chi connectivity index (χ3v) is 5.16. The minimum atomic E-state index is -0.311. The number of rotatable bonds is 2. The van der Waals surface area contributed by atoms with E-state index in [-0.39, 0.29) is 17.2 Å². The van der Waals surface area contributed by atoms with E-state index in [0.717, 1.165) is 18.7 Å². The van der Waals surface area contributed by atoms with Crippen LogP contribution in [0.5, 0.6) is 0 Å². The van der Waals surface area contributed by atoms with Gasteiger partial charge in [-0.15, -0.1) is 0 Å². The molecule has 1 aromatic rings. The third-order valence-electron chi connectivity index (χ3n) is 5.16. The second-order valence-electron chi connectivity index (χ2n) is 6.73. The fourth-order valence-corrected chi connectivity index (χ4v) is 4.05. The second kappa shape index (κ2) is 4.07. The normalized spacial score (nSPS) is 32.2. The van der Waals surface area contributed by atoms with E-state index in [1.165, 1.54) is 0 Å². The molecule has 2 amide bonds. The Morgan fingerprint density at radius 2 is 2.00 bits per heavy atom. The van der Waals surface area contributed by atoms with Crippen molar-refractivity contribution < 1.29 is 14.3 Å². The lowest BCUT2D eigenvalue weighted by atomic mass is 9.57. The van der Waals surface area contributed by atoms with Crippen LogP contribution in [-0.4, -0.2) is 30.6 Å². The van der Waals surface area contributed by atoms with E-state index in [1.807, 2.05) is 6.07 Å². The number of carbonyl (C=O) groups is 2. The number of fused-ring (bicyclic) bond motifs is 2. The molecule has 0 radical (unpaired) electrons. The van der Waals surface area contributed by atoms with Crippen LogP contribution in [0.4, 0.5) is 5.69 Å². The van der Waals surface area contributed by atoms with Crippen molar-refractivity contribution in [2.75, 3.05) is 11.9 Å². The first-order valence-corrected chi connectivity index (χ1v) is 7.36. The van der Waals surface area contributed by atoms with Gasteiger partial charge in [0.15, 0.2) is 0 Å². The van der Waals surface area contributed by atoms with Gasteiger partial charge in [-0.2, -0.15) is 0 Å². The fraction of sp³-hybridized carbons (Fsp3) is 0.500. The average Bonchev–Trinajstić information content (AvgIpc) is 3.01. The molecule has 1 aromatic carbocycles. The van der Waals surface area contributed by atoms with Gasteiger partial charge in [0.25, 0.3) is 11.8 Å². The fourth-order valence-electron chi connectivity index (χ4n) is 4.05.